The van der Waals surface area contributed by atoms with Crippen LogP contribution in [-0.2, 0) is 0 Å². The average Bonchev–Trinajstić information content (AvgIpc) is 2.81. The van der Waals surface area contributed by atoms with Gasteiger partial charge in [0.25, 0.3) is 0 Å². The van der Waals surface area contributed by atoms with Gasteiger partial charge in [-0.25, -0.2) is 0 Å². The Balaban J connectivity index is 0.000000303. The van der Waals surface area contributed by atoms with Gasteiger partial charge in [0.15, 0.2) is 0 Å². The molecule has 168 valence electrons. The number of hydrogen-bond donors (Lipinski definition) is 0. The van der Waals surface area contributed by atoms with E-state index < -0.39 is 0 Å². The van der Waals surface area contributed by atoms with Crippen LogP contribution in [-0.4, -0.2) is 0 Å². The van der Waals surface area contributed by atoms with E-state index in [1.807, 2.05) is 0 Å². The zero-order chi connectivity index (χ0) is 22.5. The van der Waals surface area contributed by atoms with E-state index in [2.05, 4.69) is 104 Å². The zero-order valence-electron chi connectivity index (χ0n) is 21.2. The summed E-state index contributed by atoms with van der Waals surface area (Å²) in [6.45, 7) is 18.2. The summed E-state index contributed by atoms with van der Waals surface area (Å²) < 4.78 is 0. The fraction of sp³-hybridized carbons (Fsp3) is 0.600. The lowest BCUT2D eigenvalue weighted by atomic mass is 9.89. The van der Waals surface area contributed by atoms with Crippen LogP contribution in [0.25, 0.3) is 0 Å². The van der Waals surface area contributed by atoms with Gasteiger partial charge in [-0.15, -0.1) is 0 Å². The van der Waals surface area contributed by atoms with Gasteiger partial charge in [0, 0.05) is 0 Å². The summed E-state index contributed by atoms with van der Waals surface area (Å²) >= 11 is 0. The van der Waals surface area contributed by atoms with E-state index in [4.69, 9.17) is 0 Å². The molecule has 0 fully saturated rings. The summed E-state index contributed by atoms with van der Waals surface area (Å²) in [5, 5.41) is 0. The van der Waals surface area contributed by atoms with Crippen LogP contribution in [0.1, 0.15) is 140 Å². The first-order valence-corrected chi connectivity index (χ1v) is 12.6. The van der Waals surface area contributed by atoms with Crippen molar-refractivity contribution in [2.45, 2.75) is 118 Å². The summed E-state index contributed by atoms with van der Waals surface area (Å²) in [6, 6.07) is 18.5. The minimum absolute atomic E-state index is 0.695. The van der Waals surface area contributed by atoms with E-state index in [9.17, 15) is 0 Å². The molecule has 0 amide bonds. The minimum atomic E-state index is 0.695. The Morgan fingerprint density at radius 2 is 0.633 bits per heavy atom. The van der Waals surface area contributed by atoms with E-state index in [1.165, 1.54) is 60.8 Å². The third-order valence-electron chi connectivity index (χ3n) is 7.15. The van der Waals surface area contributed by atoms with Gasteiger partial charge in [0.1, 0.15) is 0 Å². The van der Waals surface area contributed by atoms with Crippen LogP contribution in [0.4, 0.5) is 0 Å². The third-order valence-corrected chi connectivity index (χ3v) is 7.15. The van der Waals surface area contributed by atoms with Crippen LogP contribution in [0.3, 0.4) is 0 Å². The molecule has 2 rings (SSSR count). The molecule has 0 radical (unpaired) electrons. The highest BCUT2D eigenvalue weighted by Gasteiger charge is 2.09. The molecule has 0 aliphatic carbocycles. The van der Waals surface area contributed by atoms with Crippen LogP contribution in [0.15, 0.2) is 48.5 Å². The SMILES string of the molecule is CCC(C)c1ccc(C(C)CC)cc1.CCC(CC)c1ccc(C(CC)CC)cc1. The molecule has 2 unspecified atom stereocenters. The van der Waals surface area contributed by atoms with Crippen LogP contribution in [0, 0.1) is 0 Å². The van der Waals surface area contributed by atoms with Gasteiger partial charge in [0.2, 0.25) is 0 Å². The van der Waals surface area contributed by atoms with E-state index in [1.54, 1.807) is 0 Å². The van der Waals surface area contributed by atoms with Crippen molar-refractivity contribution in [3.05, 3.63) is 70.8 Å². The van der Waals surface area contributed by atoms with Gasteiger partial charge in [-0.2, -0.15) is 0 Å². The summed E-state index contributed by atoms with van der Waals surface area (Å²) in [6.07, 6.45) is 7.45. The summed E-state index contributed by atoms with van der Waals surface area (Å²) in [5.41, 5.74) is 5.97. The predicted octanol–water partition coefficient (Wildman–Crippen LogP) is 10.2. The molecule has 0 spiro atoms. The average molecular weight is 409 g/mol. The van der Waals surface area contributed by atoms with Crippen LogP contribution in [0.5, 0.6) is 0 Å². The Morgan fingerprint density at radius 1 is 0.400 bits per heavy atom. The Kier molecular flexibility index (Phi) is 12.7. The second kappa shape index (κ2) is 14.4. The van der Waals surface area contributed by atoms with Crippen LogP contribution in [0.2, 0.25) is 0 Å². The number of hydrogen-bond acceptors (Lipinski definition) is 0. The Hall–Kier alpha value is -1.56. The van der Waals surface area contributed by atoms with E-state index in [0.29, 0.717) is 11.8 Å². The van der Waals surface area contributed by atoms with E-state index in [-0.39, 0.29) is 0 Å². The van der Waals surface area contributed by atoms with Gasteiger partial charge in [0.05, 0.1) is 0 Å². The molecule has 30 heavy (non-hydrogen) atoms. The first-order valence-electron chi connectivity index (χ1n) is 12.6. The maximum absolute atomic E-state index is 2.34. The van der Waals surface area contributed by atoms with Gasteiger partial charge < -0.3 is 0 Å². The number of rotatable bonds is 10. The second-order valence-electron chi connectivity index (χ2n) is 8.98. The first kappa shape index (κ1) is 26.5. The van der Waals surface area contributed by atoms with Gasteiger partial charge in [-0.1, -0.05) is 104 Å². The molecule has 0 saturated heterocycles. The normalized spacial score (nSPS) is 13.1. The summed E-state index contributed by atoms with van der Waals surface area (Å²) in [5.74, 6) is 2.88. The summed E-state index contributed by atoms with van der Waals surface area (Å²) in [7, 11) is 0. The lowest BCUT2D eigenvalue weighted by molar-refractivity contribution is 0.631. The molecule has 0 aromatic heterocycles. The molecular weight excluding hydrogens is 360 g/mol. The maximum Gasteiger partial charge on any atom is -0.0167 e. The van der Waals surface area contributed by atoms with Crippen molar-refractivity contribution in [2.75, 3.05) is 0 Å². The van der Waals surface area contributed by atoms with Crippen molar-refractivity contribution in [3.8, 4) is 0 Å². The highest BCUT2D eigenvalue weighted by atomic mass is 14.1. The molecular formula is C30H48. The lowest BCUT2D eigenvalue weighted by Crippen LogP contribution is -1.98. The first-order chi connectivity index (χ1) is 14.4. The fourth-order valence-electron chi connectivity index (χ4n) is 4.18. The molecule has 2 atom stereocenters. The van der Waals surface area contributed by atoms with Crippen molar-refractivity contribution in [3.63, 3.8) is 0 Å². The van der Waals surface area contributed by atoms with Crippen molar-refractivity contribution in [1.82, 2.24) is 0 Å². The number of benzene rings is 2. The molecule has 0 bridgehead atoms. The molecule has 2 aromatic carbocycles. The largest absolute Gasteiger partial charge is 0.0648 e. The molecule has 2 aromatic rings. The molecule has 0 nitrogen and oxygen atoms in total. The fourth-order valence-corrected chi connectivity index (χ4v) is 4.18. The quantitative estimate of drug-likeness (QED) is 0.367. The molecule has 0 heteroatoms. The molecule has 0 aliphatic heterocycles. The lowest BCUT2D eigenvalue weighted by Gasteiger charge is -2.16. The highest BCUT2D eigenvalue weighted by Crippen LogP contribution is 2.27. The van der Waals surface area contributed by atoms with Crippen LogP contribution >= 0.6 is 0 Å². The monoisotopic (exact) mass is 408 g/mol. The highest BCUT2D eigenvalue weighted by molar-refractivity contribution is 5.28. The second-order valence-corrected chi connectivity index (χ2v) is 8.98. The topological polar surface area (TPSA) is 0 Å². The molecule has 0 aliphatic rings. The van der Waals surface area contributed by atoms with Crippen molar-refractivity contribution in [1.29, 1.82) is 0 Å². The Morgan fingerprint density at radius 3 is 0.833 bits per heavy atom. The Bertz CT molecular complexity index is 596. The van der Waals surface area contributed by atoms with Crippen molar-refractivity contribution >= 4 is 0 Å². The van der Waals surface area contributed by atoms with Gasteiger partial charge >= 0.3 is 0 Å². The minimum Gasteiger partial charge on any atom is -0.0648 e. The molecule has 0 N–H and O–H groups in total. The predicted molar refractivity (Wildman–Crippen MR) is 137 cm³/mol. The zero-order valence-corrected chi connectivity index (χ0v) is 21.2. The standard InChI is InChI=1S/C16H26.C14H22/c1-5-13(6-2)15-9-11-16(12-10-15)14(7-3)8-4;1-5-11(3)13-7-9-14(10-8-13)12(4)6-2/h9-14H,5-8H2,1-4H3;7-12H,5-6H2,1-4H3. The van der Waals surface area contributed by atoms with Crippen molar-refractivity contribution in [2.24, 2.45) is 0 Å². The smallest absolute Gasteiger partial charge is 0.0167 e. The van der Waals surface area contributed by atoms with Crippen LogP contribution < -0.4 is 0 Å². The maximum atomic E-state index is 2.34. The van der Waals surface area contributed by atoms with Gasteiger partial charge in [-0.05, 0) is 84.5 Å². The third kappa shape index (κ3) is 7.93. The van der Waals surface area contributed by atoms with E-state index >= 15 is 0 Å². The van der Waals surface area contributed by atoms with Crippen molar-refractivity contribution < 1.29 is 0 Å². The van der Waals surface area contributed by atoms with E-state index in [0.717, 1.165) is 11.8 Å². The summed E-state index contributed by atoms with van der Waals surface area (Å²) in [4.78, 5) is 0. The Labute approximate surface area is 188 Å². The molecule has 0 saturated carbocycles. The molecule has 0 heterocycles. The van der Waals surface area contributed by atoms with Gasteiger partial charge in [-0.3, -0.25) is 0 Å².